The Morgan fingerprint density at radius 3 is 2.00 bits per heavy atom. The molecular formula is C55H67N3O5. The maximum Gasteiger partial charge on any atom is 0.168 e. The Bertz CT molecular complexity index is 2420. The lowest BCUT2D eigenvalue weighted by Crippen LogP contribution is -2.29. The monoisotopic (exact) mass is 850 g/mol. The van der Waals surface area contributed by atoms with Crippen molar-refractivity contribution in [1.29, 1.82) is 0 Å². The number of nitrogens with one attached hydrogen (secondary N) is 2. The fourth-order valence-corrected chi connectivity index (χ4v) is 8.25. The Kier molecular flexibility index (Phi) is 15.8. The van der Waals surface area contributed by atoms with E-state index in [1.54, 1.807) is 20.3 Å². The van der Waals surface area contributed by atoms with E-state index in [2.05, 4.69) is 125 Å². The first-order valence-electron chi connectivity index (χ1n) is 22.4. The van der Waals surface area contributed by atoms with Crippen LogP contribution in [0.25, 0.3) is 5.57 Å². The third kappa shape index (κ3) is 11.7. The van der Waals surface area contributed by atoms with E-state index in [1.807, 2.05) is 38.3 Å². The zero-order valence-electron chi connectivity index (χ0n) is 39.1. The zero-order chi connectivity index (χ0) is 45.2. The number of allylic oxidation sites excluding steroid dienone is 1. The Hall–Kier alpha value is -6.02. The van der Waals surface area contributed by atoms with Crippen LogP contribution >= 0.6 is 0 Å². The van der Waals surface area contributed by atoms with Gasteiger partial charge in [-0.3, -0.25) is 9.79 Å². The molecule has 0 aliphatic carbocycles. The lowest BCUT2D eigenvalue weighted by atomic mass is 9.76. The van der Waals surface area contributed by atoms with Crippen LogP contribution in [0.5, 0.6) is 23.0 Å². The summed E-state index contributed by atoms with van der Waals surface area (Å²) in [7, 11) is 3.27. The summed E-state index contributed by atoms with van der Waals surface area (Å²) in [6.45, 7) is 22.7. The highest BCUT2D eigenvalue weighted by molar-refractivity contribution is 6.04. The summed E-state index contributed by atoms with van der Waals surface area (Å²) < 4.78 is 24.8. The Balaban J connectivity index is 1.23. The molecule has 0 amide bonds. The van der Waals surface area contributed by atoms with Gasteiger partial charge in [0.1, 0.15) is 13.2 Å². The molecule has 63 heavy (non-hydrogen) atoms. The number of Topliss-reactive ketones (excluding diaryl/α,β-unsaturated/α-hetero) is 1. The first-order valence-corrected chi connectivity index (χ1v) is 22.4. The van der Waals surface area contributed by atoms with Crippen molar-refractivity contribution in [3.8, 4) is 23.0 Å². The number of hydrogen-bond donors (Lipinski definition) is 2. The third-order valence-corrected chi connectivity index (χ3v) is 12.6. The molecular weight excluding hydrogens is 783 g/mol. The van der Waals surface area contributed by atoms with Gasteiger partial charge in [-0.2, -0.15) is 0 Å². The van der Waals surface area contributed by atoms with Gasteiger partial charge < -0.3 is 29.6 Å². The summed E-state index contributed by atoms with van der Waals surface area (Å²) in [5.74, 6) is 2.74. The SMILES string of the molecule is C=C(C)c1cc(OC)c(OCc2cc(COc3cc4c(cc3OC)C(=O)C(C)C(C)[C@@H](Cc3ccccc3C)/C=N\4)cc(NC(C)CC)c2)cc1NC[C@@H](C)Cc1ccccc1C. The van der Waals surface area contributed by atoms with Crippen LogP contribution in [0.1, 0.15) is 97.3 Å². The molecule has 1 aliphatic heterocycles. The fourth-order valence-electron chi connectivity index (χ4n) is 8.25. The first-order chi connectivity index (χ1) is 30.3. The molecule has 0 aromatic heterocycles. The maximum atomic E-state index is 14.0. The van der Waals surface area contributed by atoms with E-state index in [9.17, 15) is 4.79 Å². The van der Waals surface area contributed by atoms with Crippen LogP contribution in [0.4, 0.5) is 17.1 Å². The van der Waals surface area contributed by atoms with E-state index in [4.69, 9.17) is 23.9 Å². The fraction of sp³-hybridized carbons (Fsp3) is 0.382. The van der Waals surface area contributed by atoms with Gasteiger partial charge in [0, 0.05) is 65.3 Å². The highest BCUT2D eigenvalue weighted by Gasteiger charge is 2.32. The van der Waals surface area contributed by atoms with Crippen molar-refractivity contribution in [3.63, 3.8) is 0 Å². The predicted molar refractivity (Wildman–Crippen MR) is 261 cm³/mol. The molecule has 0 spiro atoms. The summed E-state index contributed by atoms with van der Waals surface area (Å²) >= 11 is 0. The van der Waals surface area contributed by atoms with Crippen molar-refractivity contribution in [2.75, 3.05) is 31.4 Å². The highest BCUT2D eigenvalue weighted by Crippen LogP contribution is 2.41. The molecule has 3 unspecified atom stereocenters. The molecule has 0 bridgehead atoms. The number of ether oxygens (including phenoxy) is 4. The van der Waals surface area contributed by atoms with E-state index in [0.29, 0.717) is 46.8 Å². The molecule has 5 atom stereocenters. The van der Waals surface area contributed by atoms with Crippen LogP contribution in [-0.4, -0.2) is 38.8 Å². The second-order valence-electron chi connectivity index (χ2n) is 17.6. The molecule has 2 N–H and O–H groups in total. The minimum atomic E-state index is -0.202. The summed E-state index contributed by atoms with van der Waals surface area (Å²) in [6, 6.07) is 31.3. The predicted octanol–water partition coefficient (Wildman–Crippen LogP) is 13.0. The number of rotatable bonds is 19. The minimum absolute atomic E-state index is 0.0592. The van der Waals surface area contributed by atoms with Gasteiger partial charge in [-0.25, -0.2) is 0 Å². The Morgan fingerprint density at radius 1 is 0.794 bits per heavy atom. The van der Waals surface area contributed by atoms with E-state index >= 15 is 0 Å². The zero-order valence-corrected chi connectivity index (χ0v) is 39.1. The average Bonchev–Trinajstić information content (AvgIpc) is 3.28. The van der Waals surface area contributed by atoms with E-state index in [-0.39, 0.29) is 36.2 Å². The van der Waals surface area contributed by atoms with E-state index in [1.165, 1.54) is 22.3 Å². The standard InChI is InChI=1S/C55H67N3O5/c1-12-38(7)58-46-23-41(32-62-53-28-49(47(34(2)3)26-51(53)60-10)56-30-35(4)21-43-19-15-13-17-36(43)5)22-42(24-46)33-63-54-29-50-48(27-52(54)61-11)55(59)40(9)39(8)45(31-57-50)25-44-20-16-14-18-37(44)6/h13-20,22-24,26-29,31,35,38-40,45,56,58H,2,12,21,25,30,32-33H2,1,3-11H3/b57-31-/t35-,38?,39?,40?,45-/m0/s1. The van der Waals surface area contributed by atoms with Crippen molar-refractivity contribution in [2.24, 2.45) is 28.7 Å². The minimum Gasteiger partial charge on any atom is -0.493 e. The van der Waals surface area contributed by atoms with Gasteiger partial charge in [0.2, 0.25) is 0 Å². The topological polar surface area (TPSA) is 90.4 Å². The van der Waals surface area contributed by atoms with Gasteiger partial charge >= 0.3 is 0 Å². The number of fused-ring (bicyclic) bond motifs is 1. The summed E-state index contributed by atoms with van der Waals surface area (Å²) in [5, 5.41) is 7.34. The molecule has 5 aromatic carbocycles. The van der Waals surface area contributed by atoms with Gasteiger partial charge in [-0.05, 0) is 128 Å². The van der Waals surface area contributed by atoms with Crippen LogP contribution in [0.15, 0.2) is 103 Å². The molecule has 0 saturated heterocycles. The van der Waals surface area contributed by atoms with Gasteiger partial charge in [-0.15, -0.1) is 0 Å². The number of anilines is 2. The van der Waals surface area contributed by atoms with Gasteiger partial charge in [-0.1, -0.05) is 82.8 Å². The van der Waals surface area contributed by atoms with Gasteiger partial charge in [0.05, 0.1) is 19.9 Å². The largest absolute Gasteiger partial charge is 0.493 e. The Labute approximate surface area is 376 Å². The normalized spacial score (nSPS) is 17.4. The molecule has 8 nitrogen and oxygen atoms in total. The van der Waals surface area contributed by atoms with Crippen LogP contribution in [0.3, 0.4) is 0 Å². The molecule has 1 aliphatic rings. The number of benzene rings is 5. The highest BCUT2D eigenvalue weighted by atomic mass is 16.5. The number of carbonyl (C=O) groups is 1. The third-order valence-electron chi connectivity index (χ3n) is 12.6. The van der Waals surface area contributed by atoms with Gasteiger partial charge in [0.15, 0.2) is 28.8 Å². The van der Waals surface area contributed by atoms with E-state index < -0.39 is 0 Å². The summed E-state index contributed by atoms with van der Waals surface area (Å²) in [4.78, 5) is 19.0. The van der Waals surface area contributed by atoms with Crippen LogP contribution in [0.2, 0.25) is 0 Å². The lowest BCUT2D eigenvalue weighted by Gasteiger charge is -2.28. The second kappa shape index (κ2) is 21.4. The van der Waals surface area contributed by atoms with Crippen LogP contribution < -0.4 is 29.6 Å². The molecule has 6 rings (SSSR count). The first kappa shape index (κ1) is 46.5. The van der Waals surface area contributed by atoms with Crippen LogP contribution in [-0.2, 0) is 26.1 Å². The maximum absolute atomic E-state index is 14.0. The number of nitrogens with zero attached hydrogens (tertiary/aromatic N) is 1. The number of aliphatic imine (C=N–C) groups is 1. The number of methoxy groups -OCH3 is 2. The van der Waals surface area contributed by atoms with Crippen molar-refractivity contribution in [2.45, 2.75) is 93.9 Å². The lowest BCUT2D eigenvalue weighted by molar-refractivity contribution is 0.0877. The molecule has 5 aromatic rings. The van der Waals surface area contributed by atoms with Crippen molar-refractivity contribution in [3.05, 3.63) is 142 Å². The van der Waals surface area contributed by atoms with Crippen molar-refractivity contribution in [1.82, 2.24) is 0 Å². The molecule has 1 heterocycles. The Morgan fingerprint density at radius 2 is 1.40 bits per heavy atom. The smallest absolute Gasteiger partial charge is 0.168 e. The van der Waals surface area contributed by atoms with Crippen molar-refractivity contribution < 1.29 is 23.7 Å². The molecule has 332 valence electrons. The summed E-state index contributed by atoms with van der Waals surface area (Å²) in [5.41, 5.74) is 12.1. The molecule has 0 saturated carbocycles. The number of aryl methyl sites for hydroxylation is 2. The average molecular weight is 850 g/mol. The molecule has 0 radical (unpaired) electrons. The second-order valence-corrected chi connectivity index (χ2v) is 17.6. The number of ketones is 1. The quantitative estimate of drug-likeness (QED) is 0.0855. The van der Waals surface area contributed by atoms with Crippen molar-refractivity contribution >= 4 is 34.6 Å². The van der Waals surface area contributed by atoms with E-state index in [0.717, 1.165) is 59.4 Å². The van der Waals surface area contributed by atoms with Crippen LogP contribution in [0, 0.1) is 37.5 Å². The van der Waals surface area contributed by atoms with Gasteiger partial charge in [0.25, 0.3) is 0 Å². The number of carbonyl (C=O) groups excluding carboxylic acids is 1. The number of hydrogen-bond acceptors (Lipinski definition) is 8. The molecule has 8 heteroatoms. The molecule has 0 fully saturated rings. The summed E-state index contributed by atoms with van der Waals surface area (Å²) in [6.07, 6.45) is 4.79.